The maximum absolute atomic E-state index is 11.0. The summed E-state index contributed by atoms with van der Waals surface area (Å²) >= 11 is 0. The van der Waals surface area contributed by atoms with E-state index in [4.69, 9.17) is 0 Å². The Morgan fingerprint density at radius 2 is 1.45 bits per heavy atom. The second kappa shape index (κ2) is 7.90. The molecule has 2 aromatic carbocycles. The summed E-state index contributed by atoms with van der Waals surface area (Å²) in [6.07, 6.45) is 11.2. The first kappa shape index (κ1) is 18.2. The zero-order valence-electron chi connectivity index (χ0n) is 16.9. The third-order valence-corrected chi connectivity index (χ3v) is 6.48. The van der Waals surface area contributed by atoms with Gasteiger partial charge in [0.25, 0.3) is 0 Å². The maximum Gasteiger partial charge on any atom is 0.123 e. The van der Waals surface area contributed by atoms with E-state index in [-0.39, 0.29) is 0 Å². The summed E-state index contributed by atoms with van der Waals surface area (Å²) in [4.78, 5) is 4.46. The molecule has 0 fully saturated rings. The number of benzene rings is 2. The standard InChI is InChI=1S/C26H28N2O/c29-24-15-13-19-8-2-4-11-22(19)26(24)25-21-10-3-1-7-18(21)12-14-23(25)28-17-20-9-5-6-16-27-20/h5-6,9,12-16,28-29H,1-4,7-8,10-11,17H2. The highest BCUT2D eigenvalue weighted by molar-refractivity contribution is 5.88. The molecule has 0 radical (unpaired) electrons. The molecule has 1 aromatic heterocycles. The lowest BCUT2D eigenvalue weighted by Gasteiger charge is -2.27. The number of phenols is 1. The molecule has 2 N–H and O–H groups in total. The van der Waals surface area contributed by atoms with Gasteiger partial charge < -0.3 is 10.4 Å². The van der Waals surface area contributed by atoms with E-state index in [0.717, 1.165) is 42.6 Å². The van der Waals surface area contributed by atoms with Gasteiger partial charge in [0.15, 0.2) is 0 Å². The van der Waals surface area contributed by atoms with Gasteiger partial charge >= 0.3 is 0 Å². The van der Waals surface area contributed by atoms with Gasteiger partial charge in [-0.3, -0.25) is 4.98 Å². The van der Waals surface area contributed by atoms with Gasteiger partial charge in [0.2, 0.25) is 0 Å². The van der Waals surface area contributed by atoms with E-state index in [1.165, 1.54) is 53.5 Å². The van der Waals surface area contributed by atoms with Crippen LogP contribution in [0.5, 0.6) is 5.75 Å². The molecule has 0 saturated carbocycles. The fraction of sp³-hybridized carbons (Fsp3) is 0.346. The number of fused-ring (bicyclic) bond motifs is 2. The van der Waals surface area contributed by atoms with Crippen LogP contribution in [0.2, 0.25) is 0 Å². The highest BCUT2D eigenvalue weighted by Gasteiger charge is 2.24. The number of aryl methyl sites for hydroxylation is 2. The number of aromatic hydroxyl groups is 1. The van der Waals surface area contributed by atoms with Crippen LogP contribution in [0.1, 0.15) is 53.6 Å². The van der Waals surface area contributed by atoms with Crippen molar-refractivity contribution < 1.29 is 5.11 Å². The lowest BCUT2D eigenvalue weighted by Crippen LogP contribution is -2.11. The molecule has 29 heavy (non-hydrogen) atoms. The Labute approximate surface area is 172 Å². The van der Waals surface area contributed by atoms with Crippen molar-refractivity contribution in [1.82, 2.24) is 4.98 Å². The van der Waals surface area contributed by atoms with Gasteiger partial charge in [0, 0.05) is 23.0 Å². The van der Waals surface area contributed by atoms with Crippen molar-refractivity contribution >= 4 is 5.69 Å². The fourth-order valence-electron chi connectivity index (χ4n) is 5.04. The second-order valence-electron chi connectivity index (χ2n) is 8.31. The van der Waals surface area contributed by atoms with Gasteiger partial charge in [0.05, 0.1) is 12.2 Å². The SMILES string of the molecule is Oc1ccc2c(c1-c1c(NCc3ccccn3)ccc3c1CCCC3)CCCC2. The molecular formula is C26H28N2O. The molecule has 2 aliphatic rings. The predicted octanol–water partition coefficient (Wildman–Crippen LogP) is 5.82. The fourth-order valence-corrected chi connectivity index (χ4v) is 5.04. The van der Waals surface area contributed by atoms with Crippen molar-refractivity contribution in [3.05, 3.63) is 76.6 Å². The molecule has 0 saturated heterocycles. The lowest BCUT2D eigenvalue weighted by atomic mass is 9.80. The number of hydrogen-bond acceptors (Lipinski definition) is 3. The number of hydrogen-bond donors (Lipinski definition) is 2. The number of anilines is 1. The number of rotatable bonds is 4. The third kappa shape index (κ3) is 3.50. The Bertz CT molecular complexity index is 1030. The minimum atomic E-state index is 0.422. The van der Waals surface area contributed by atoms with Gasteiger partial charge in [-0.2, -0.15) is 0 Å². The molecule has 0 spiro atoms. The van der Waals surface area contributed by atoms with Crippen LogP contribution in [0.3, 0.4) is 0 Å². The Balaban J connectivity index is 1.65. The van der Waals surface area contributed by atoms with E-state index >= 15 is 0 Å². The molecule has 0 aliphatic heterocycles. The van der Waals surface area contributed by atoms with Crippen LogP contribution in [0.25, 0.3) is 11.1 Å². The zero-order chi connectivity index (χ0) is 19.6. The Morgan fingerprint density at radius 3 is 2.17 bits per heavy atom. The molecule has 3 heteroatoms. The van der Waals surface area contributed by atoms with Crippen molar-refractivity contribution in [3.63, 3.8) is 0 Å². The molecular weight excluding hydrogens is 356 g/mol. The summed E-state index contributed by atoms with van der Waals surface area (Å²) in [5.74, 6) is 0.422. The van der Waals surface area contributed by atoms with Crippen LogP contribution >= 0.6 is 0 Å². The molecule has 0 atom stereocenters. The average molecular weight is 385 g/mol. The molecule has 2 aliphatic carbocycles. The van der Waals surface area contributed by atoms with E-state index in [9.17, 15) is 5.11 Å². The number of aromatic nitrogens is 1. The van der Waals surface area contributed by atoms with Crippen LogP contribution in [-0.2, 0) is 32.2 Å². The van der Waals surface area contributed by atoms with Crippen molar-refractivity contribution in [1.29, 1.82) is 0 Å². The highest BCUT2D eigenvalue weighted by atomic mass is 16.3. The van der Waals surface area contributed by atoms with Crippen molar-refractivity contribution in [2.24, 2.45) is 0 Å². The number of nitrogens with one attached hydrogen (secondary N) is 1. The number of nitrogens with zero attached hydrogens (tertiary/aromatic N) is 1. The van der Waals surface area contributed by atoms with Crippen molar-refractivity contribution in [2.45, 2.75) is 57.9 Å². The Kier molecular flexibility index (Phi) is 4.97. The van der Waals surface area contributed by atoms with Crippen LogP contribution in [0.15, 0.2) is 48.7 Å². The molecule has 0 unspecified atom stereocenters. The van der Waals surface area contributed by atoms with Gasteiger partial charge in [0.1, 0.15) is 5.75 Å². The molecule has 5 rings (SSSR count). The summed E-state index contributed by atoms with van der Waals surface area (Å²) in [6.45, 7) is 0.683. The molecule has 0 amide bonds. The van der Waals surface area contributed by atoms with E-state index < -0.39 is 0 Å². The first-order valence-corrected chi connectivity index (χ1v) is 10.9. The molecule has 148 valence electrons. The Morgan fingerprint density at radius 1 is 0.759 bits per heavy atom. The van der Waals surface area contributed by atoms with Crippen LogP contribution in [-0.4, -0.2) is 10.1 Å². The largest absolute Gasteiger partial charge is 0.507 e. The number of pyridine rings is 1. The summed E-state index contributed by atoms with van der Waals surface area (Å²) in [6, 6.07) is 14.6. The third-order valence-electron chi connectivity index (χ3n) is 6.48. The predicted molar refractivity (Wildman–Crippen MR) is 118 cm³/mol. The first-order chi connectivity index (χ1) is 14.3. The van der Waals surface area contributed by atoms with E-state index in [1.54, 1.807) is 0 Å². The maximum atomic E-state index is 11.0. The lowest BCUT2D eigenvalue weighted by molar-refractivity contribution is 0.475. The zero-order valence-corrected chi connectivity index (χ0v) is 16.9. The topological polar surface area (TPSA) is 45.1 Å². The minimum Gasteiger partial charge on any atom is -0.507 e. The van der Waals surface area contributed by atoms with Gasteiger partial charge in [-0.25, -0.2) is 0 Å². The van der Waals surface area contributed by atoms with E-state index in [1.807, 2.05) is 30.5 Å². The minimum absolute atomic E-state index is 0.422. The molecule has 3 nitrogen and oxygen atoms in total. The normalized spacial score (nSPS) is 15.4. The summed E-state index contributed by atoms with van der Waals surface area (Å²) < 4.78 is 0. The van der Waals surface area contributed by atoms with Crippen LogP contribution < -0.4 is 5.32 Å². The van der Waals surface area contributed by atoms with E-state index in [2.05, 4.69) is 28.5 Å². The van der Waals surface area contributed by atoms with Crippen LogP contribution in [0.4, 0.5) is 5.69 Å². The molecule has 3 aromatic rings. The van der Waals surface area contributed by atoms with E-state index in [0.29, 0.717) is 12.3 Å². The monoisotopic (exact) mass is 384 g/mol. The van der Waals surface area contributed by atoms with Gasteiger partial charge in [-0.15, -0.1) is 0 Å². The second-order valence-corrected chi connectivity index (χ2v) is 8.31. The van der Waals surface area contributed by atoms with Gasteiger partial charge in [-0.1, -0.05) is 18.2 Å². The summed E-state index contributed by atoms with van der Waals surface area (Å²) in [7, 11) is 0. The molecule has 0 bridgehead atoms. The quantitative estimate of drug-likeness (QED) is 0.595. The summed E-state index contributed by atoms with van der Waals surface area (Å²) in [5, 5.41) is 14.6. The average Bonchev–Trinajstić information content (AvgIpc) is 2.78. The van der Waals surface area contributed by atoms with Crippen molar-refractivity contribution in [2.75, 3.05) is 5.32 Å². The highest BCUT2D eigenvalue weighted by Crippen LogP contribution is 2.45. The van der Waals surface area contributed by atoms with Gasteiger partial charge in [-0.05, 0) is 97.9 Å². The summed E-state index contributed by atoms with van der Waals surface area (Å²) in [5.41, 5.74) is 10.1. The Hall–Kier alpha value is -2.81. The van der Waals surface area contributed by atoms with Crippen molar-refractivity contribution in [3.8, 4) is 16.9 Å². The number of phenolic OH excluding ortho intramolecular Hbond substituents is 1. The first-order valence-electron chi connectivity index (χ1n) is 10.9. The smallest absolute Gasteiger partial charge is 0.123 e. The molecule has 1 heterocycles. The van der Waals surface area contributed by atoms with Crippen LogP contribution in [0, 0.1) is 0 Å².